The molecule has 1 amide bonds. The van der Waals surface area contributed by atoms with Gasteiger partial charge in [0.25, 0.3) is 5.91 Å². The average Bonchev–Trinajstić information content (AvgIpc) is 3.12. The van der Waals surface area contributed by atoms with Gasteiger partial charge in [-0.3, -0.25) is 4.79 Å². The van der Waals surface area contributed by atoms with Crippen molar-refractivity contribution in [1.29, 1.82) is 0 Å². The molecule has 140 valence electrons. The number of nitrogens with one attached hydrogen (secondary N) is 1. The second-order valence-electron chi connectivity index (χ2n) is 6.97. The Balaban J connectivity index is 1.39. The lowest BCUT2D eigenvalue weighted by Crippen LogP contribution is -2.45. The molecule has 6 nitrogen and oxygen atoms in total. The third kappa shape index (κ3) is 3.73. The highest BCUT2D eigenvalue weighted by molar-refractivity contribution is 7.22. The first-order chi connectivity index (χ1) is 13.1. The minimum Gasteiger partial charge on any atom is -0.362 e. The van der Waals surface area contributed by atoms with E-state index in [1.807, 2.05) is 37.2 Å². The lowest BCUT2D eigenvalue weighted by molar-refractivity contribution is 0.0931. The molecule has 3 aromatic rings. The third-order valence-electron chi connectivity index (χ3n) is 4.84. The summed E-state index contributed by atoms with van der Waals surface area (Å²) in [6.07, 6.45) is 3.54. The Labute approximate surface area is 162 Å². The highest BCUT2D eigenvalue weighted by atomic mass is 32.1. The predicted octanol–water partition coefficient (Wildman–Crippen LogP) is 3.16. The lowest BCUT2D eigenvalue weighted by atomic mass is 10.0. The number of rotatable bonds is 4. The van der Waals surface area contributed by atoms with Crippen LogP contribution in [0.25, 0.3) is 10.2 Å². The molecule has 7 heteroatoms. The summed E-state index contributed by atoms with van der Waals surface area (Å²) in [4.78, 5) is 26.0. The van der Waals surface area contributed by atoms with Crippen LogP contribution in [0.5, 0.6) is 0 Å². The number of hydrogen-bond donors (Lipinski definition) is 1. The molecule has 2 aromatic heterocycles. The van der Waals surface area contributed by atoms with Crippen LogP contribution in [-0.2, 0) is 0 Å². The topological polar surface area (TPSA) is 61.4 Å². The van der Waals surface area contributed by atoms with Gasteiger partial charge in [-0.25, -0.2) is 9.97 Å². The van der Waals surface area contributed by atoms with E-state index >= 15 is 0 Å². The smallest absolute Gasteiger partial charge is 0.255 e. The Bertz CT molecular complexity index is 913. The fourth-order valence-corrected chi connectivity index (χ4v) is 4.42. The quantitative estimate of drug-likeness (QED) is 0.752. The Morgan fingerprint density at radius 1 is 1.19 bits per heavy atom. The summed E-state index contributed by atoms with van der Waals surface area (Å²) in [6.45, 7) is 1.80. The molecule has 0 atom stereocenters. The van der Waals surface area contributed by atoms with Crippen molar-refractivity contribution in [2.24, 2.45) is 0 Å². The first-order valence-corrected chi connectivity index (χ1v) is 9.97. The van der Waals surface area contributed by atoms with E-state index in [0.29, 0.717) is 11.4 Å². The van der Waals surface area contributed by atoms with Gasteiger partial charge in [0.05, 0.1) is 15.8 Å². The van der Waals surface area contributed by atoms with Gasteiger partial charge in [-0.15, -0.1) is 0 Å². The van der Waals surface area contributed by atoms with Gasteiger partial charge in [-0.1, -0.05) is 23.5 Å². The van der Waals surface area contributed by atoms with Crippen molar-refractivity contribution >= 4 is 38.4 Å². The van der Waals surface area contributed by atoms with E-state index in [2.05, 4.69) is 27.3 Å². The van der Waals surface area contributed by atoms with Gasteiger partial charge in [-0.2, -0.15) is 0 Å². The number of benzene rings is 1. The highest BCUT2D eigenvalue weighted by Crippen LogP contribution is 2.30. The van der Waals surface area contributed by atoms with Gasteiger partial charge in [0.1, 0.15) is 5.82 Å². The Morgan fingerprint density at radius 2 is 1.96 bits per heavy atom. The minimum atomic E-state index is -0.0507. The van der Waals surface area contributed by atoms with E-state index in [1.165, 1.54) is 4.70 Å². The molecule has 0 radical (unpaired) electrons. The molecule has 0 unspecified atom stereocenters. The van der Waals surface area contributed by atoms with Crippen LogP contribution in [0.4, 0.5) is 10.9 Å². The molecule has 1 aliphatic rings. The molecule has 1 N–H and O–H groups in total. The molecule has 0 bridgehead atoms. The third-order valence-corrected chi connectivity index (χ3v) is 5.94. The van der Waals surface area contributed by atoms with E-state index in [9.17, 15) is 4.79 Å². The van der Waals surface area contributed by atoms with Crippen molar-refractivity contribution in [2.45, 2.75) is 18.9 Å². The molecule has 0 spiro atoms. The Kier molecular flexibility index (Phi) is 4.94. The number of carbonyl (C=O) groups is 1. The normalized spacial score (nSPS) is 15.1. The summed E-state index contributed by atoms with van der Waals surface area (Å²) in [5.41, 5.74) is 1.68. The zero-order valence-electron chi connectivity index (χ0n) is 15.6. The molecular weight excluding hydrogens is 358 g/mol. The van der Waals surface area contributed by atoms with Crippen molar-refractivity contribution in [3.63, 3.8) is 0 Å². The standard InChI is InChI=1S/C20H23N5OS/c1-24(2)18-15(6-5-11-21-18)19(26)22-14-9-12-25(13-10-14)20-23-16-7-3-4-8-17(16)27-20/h3-8,11,14H,9-10,12-13H2,1-2H3,(H,22,26). The van der Waals surface area contributed by atoms with Gasteiger partial charge in [0.2, 0.25) is 0 Å². The number of carbonyl (C=O) groups excluding carboxylic acids is 1. The molecule has 1 saturated heterocycles. The summed E-state index contributed by atoms with van der Waals surface area (Å²) in [5.74, 6) is 0.646. The fourth-order valence-electron chi connectivity index (χ4n) is 3.40. The first kappa shape index (κ1) is 17.7. The van der Waals surface area contributed by atoms with Crippen LogP contribution in [0.15, 0.2) is 42.6 Å². The van der Waals surface area contributed by atoms with Gasteiger partial charge in [-0.05, 0) is 37.1 Å². The predicted molar refractivity (Wildman–Crippen MR) is 111 cm³/mol. The maximum absolute atomic E-state index is 12.7. The fraction of sp³-hybridized carbons (Fsp3) is 0.350. The number of anilines is 2. The van der Waals surface area contributed by atoms with Crippen molar-refractivity contribution < 1.29 is 4.79 Å². The largest absolute Gasteiger partial charge is 0.362 e. The molecule has 4 rings (SSSR count). The number of piperidine rings is 1. The number of aromatic nitrogens is 2. The summed E-state index contributed by atoms with van der Waals surface area (Å²) >= 11 is 1.73. The zero-order valence-corrected chi connectivity index (χ0v) is 16.4. The number of para-hydroxylation sites is 1. The molecular formula is C20H23N5OS. The van der Waals surface area contributed by atoms with Gasteiger partial charge < -0.3 is 15.1 Å². The van der Waals surface area contributed by atoms with E-state index in [1.54, 1.807) is 23.6 Å². The van der Waals surface area contributed by atoms with E-state index in [-0.39, 0.29) is 11.9 Å². The zero-order chi connectivity index (χ0) is 18.8. The van der Waals surface area contributed by atoms with E-state index < -0.39 is 0 Å². The maximum atomic E-state index is 12.7. The van der Waals surface area contributed by atoms with E-state index in [0.717, 1.165) is 36.6 Å². The van der Waals surface area contributed by atoms with Crippen LogP contribution in [-0.4, -0.2) is 49.1 Å². The van der Waals surface area contributed by atoms with Crippen LogP contribution < -0.4 is 15.1 Å². The Morgan fingerprint density at radius 3 is 2.70 bits per heavy atom. The molecule has 1 aromatic carbocycles. The maximum Gasteiger partial charge on any atom is 0.255 e. The van der Waals surface area contributed by atoms with Crippen LogP contribution in [0, 0.1) is 0 Å². The second kappa shape index (κ2) is 7.52. The number of amides is 1. The summed E-state index contributed by atoms with van der Waals surface area (Å²) in [5, 5.41) is 4.25. The molecule has 0 aliphatic carbocycles. The molecule has 3 heterocycles. The van der Waals surface area contributed by atoms with Crippen LogP contribution in [0.1, 0.15) is 23.2 Å². The highest BCUT2D eigenvalue weighted by Gasteiger charge is 2.24. The summed E-state index contributed by atoms with van der Waals surface area (Å²) in [6, 6.07) is 12.0. The van der Waals surface area contributed by atoms with Crippen molar-refractivity contribution in [2.75, 3.05) is 37.0 Å². The molecule has 0 saturated carbocycles. The van der Waals surface area contributed by atoms with Crippen molar-refractivity contribution in [3.05, 3.63) is 48.2 Å². The number of fused-ring (bicyclic) bond motifs is 1. The summed E-state index contributed by atoms with van der Waals surface area (Å²) in [7, 11) is 3.80. The minimum absolute atomic E-state index is 0.0507. The molecule has 27 heavy (non-hydrogen) atoms. The first-order valence-electron chi connectivity index (χ1n) is 9.15. The SMILES string of the molecule is CN(C)c1ncccc1C(=O)NC1CCN(c2nc3ccccc3s2)CC1. The number of hydrogen-bond acceptors (Lipinski definition) is 6. The van der Waals surface area contributed by atoms with Crippen LogP contribution in [0.3, 0.4) is 0 Å². The van der Waals surface area contributed by atoms with Gasteiger partial charge in [0.15, 0.2) is 5.13 Å². The Hall–Kier alpha value is -2.67. The average molecular weight is 382 g/mol. The monoisotopic (exact) mass is 381 g/mol. The molecule has 1 aliphatic heterocycles. The van der Waals surface area contributed by atoms with Gasteiger partial charge >= 0.3 is 0 Å². The molecule has 1 fully saturated rings. The second-order valence-corrected chi connectivity index (χ2v) is 7.98. The number of thiazole rings is 1. The van der Waals surface area contributed by atoms with Crippen LogP contribution in [0.2, 0.25) is 0 Å². The van der Waals surface area contributed by atoms with E-state index in [4.69, 9.17) is 4.98 Å². The lowest BCUT2D eigenvalue weighted by Gasteiger charge is -2.32. The van der Waals surface area contributed by atoms with Gasteiger partial charge in [0, 0.05) is 39.4 Å². The number of nitrogens with zero attached hydrogens (tertiary/aromatic N) is 4. The van der Waals surface area contributed by atoms with Crippen molar-refractivity contribution in [1.82, 2.24) is 15.3 Å². The van der Waals surface area contributed by atoms with Crippen molar-refractivity contribution in [3.8, 4) is 0 Å². The summed E-state index contributed by atoms with van der Waals surface area (Å²) < 4.78 is 1.22. The number of pyridine rings is 1. The van der Waals surface area contributed by atoms with Crippen LogP contribution >= 0.6 is 11.3 Å².